The van der Waals surface area contributed by atoms with Gasteiger partial charge in [0.25, 0.3) is 0 Å². The normalized spacial score (nSPS) is 10.2. The molecule has 0 aliphatic rings. The van der Waals surface area contributed by atoms with Crippen LogP contribution >= 0.6 is 0 Å². The molecule has 2 rings (SSSR count). The lowest BCUT2D eigenvalue weighted by Gasteiger charge is -2.11. The molecule has 110 valence electrons. The van der Waals surface area contributed by atoms with Gasteiger partial charge in [-0.05, 0) is 36.8 Å². The zero-order chi connectivity index (χ0) is 15.2. The average Bonchev–Trinajstić information content (AvgIpc) is 2.50. The van der Waals surface area contributed by atoms with Gasteiger partial charge in [0.15, 0.2) is 5.75 Å². The lowest BCUT2D eigenvalue weighted by Crippen LogP contribution is -2.08. The van der Waals surface area contributed by atoms with Gasteiger partial charge >= 0.3 is 5.97 Å². The van der Waals surface area contributed by atoms with Crippen molar-refractivity contribution < 1.29 is 19.4 Å². The smallest absolute Gasteiger partial charge is 0.340 e. The molecule has 2 aromatic rings. The number of anilines is 1. The van der Waals surface area contributed by atoms with Gasteiger partial charge in [-0.25, -0.2) is 4.79 Å². The second-order valence-electron chi connectivity index (χ2n) is 4.34. The molecule has 3 N–H and O–H groups in total. The number of aliphatic hydroxyl groups is 1. The summed E-state index contributed by atoms with van der Waals surface area (Å²) in [5.41, 5.74) is 7.26. The fraction of sp³-hybridized carbons (Fsp3) is 0.188. The molecule has 21 heavy (non-hydrogen) atoms. The molecule has 0 aromatic heterocycles. The summed E-state index contributed by atoms with van der Waals surface area (Å²) < 4.78 is 10.6. The van der Waals surface area contributed by atoms with Crippen LogP contribution < -0.4 is 10.5 Å². The van der Waals surface area contributed by atoms with E-state index < -0.39 is 5.97 Å². The monoisotopic (exact) mass is 287 g/mol. The van der Waals surface area contributed by atoms with Gasteiger partial charge in [0, 0.05) is 0 Å². The Morgan fingerprint density at radius 1 is 1.19 bits per heavy atom. The molecule has 0 unspecified atom stereocenters. The van der Waals surface area contributed by atoms with Gasteiger partial charge < -0.3 is 20.3 Å². The molecular weight excluding hydrogens is 270 g/mol. The summed E-state index contributed by atoms with van der Waals surface area (Å²) in [6.07, 6.45) is 0. The summed E-state index contributed by atoms with van der Waals surface area (Å²) in [4.78, 5) is 11.8. The van der Waals surface area contributed by atoms with E-state index in [-0.39, 0.29) is 24.5 Å². The fourth-order valence-electron chi connectivity index (χ4n) is 1.81. The molecule has 0 spiro atoms. The second kappa shape index (κ2) is 6.76. The first-order valence-electron chi connectivity index (χ1n) is 6.59. The van der Waals surface area contributed by atoms with E-state index in [1.165, 1.54) is 0 Å². The van der Waals surface area contributed by atoms with E-state index in [1.54, 1.807) is 49.4 Å². The summed E-state index contributed by atoms with van der Waals surface area (Å²) in [5, 5.41) is 9.00. The van der Waals surface area contributed by atoms with E-state index in [4.69, 9.17) is 20.3 Å². The summed E-state index contributed by atoms with van der Waals surface area (Å²) in [6.45, 7) is 1.99. The molecule has 0 saturated heterocycles. The van der Waals surface area contributed by atoms with Gasteiger partial charge in [0.1, 0.15) is 5.75 Å². The zero-order valence-corrected chi connectivity index (χ0v) is 11.7. The number of aliphatic hydroxyl groups excluding tert-OH is 1. The molecule has 0 amide bonds. The molecular formula is C16H17NO4. The van der Waals surface area contributed by atoms with Crippen molar-refractivity contribution >= 4 is 11.7 Å². The Morgan fingerprint density at radius 2 is 1.90 bits per heavy atom. The minimum Gasteiger partial charge on any atom is -0.462 e. The Hall–Kier alpha value is -2.53. The number of carbonyl (C=O) groups excluding carboxylic acids is 1. The number of ether oxygens (including phenoxy) is 2. The highest BCUT2D eigenvalue weighted by Crippen LogP contribution is 2.30. The number of benzene rings is 2. The van der Waals surface area contributed by atoms with Crippen molar-refractivity contribution in [3.8, 4) is 11.5 Å². The Bertz CT molecular complexity index is 623. The molecule has 0 radical (unpaired) electrons. The quantitative estimate of drug-likeness (QED) is 0.652. The standard InChI is InChI=1S/C16H17NO4/c1-2-20-16(19)13-4-3-5-14(15(13)17)21-12-8-6-11(10-18)7-9-12/h3-9,18H,2,10,17H2,1H3. The van der Waals surface area contributed by atoms with Crippen LogP contribution in [0.4, 0.5) is 5.69 Å². The van der Waals surface area contributed by atoms with Gasteiger partial charge in [-0.2, -0.15) is 0 Å². The molecule has 0 heterocycles. The van der Waals surface area contributed by atoms with Crippen LogP contribution in [-0.2, 0) is 11.3 Å². The number of hydrogen-bond acceptors (Lipinski definition) is 5. The topological polar surface area (TPSA) is 81.8 Å². The van der Waals surface area contributed by atoms with Crippen molar-refractivity contribution in [2.75, 3.05) is 12.3 Å². The second-order valence-corrected chi connectivity index (χ2v) is 4.34. The Kier molecular flexibility index (Phi) is 4.79. The average molecular weight is 287 g/mol. The van der Waals surface area contributed by atoms with Crippen molar-refractivity contribution in [2.45, 2.75) is 13.5 Å². The molecule has 0 bridgehead atoms. The van der Waals surface area contributed by atoms with E-state index in [1.807, 2.05) is 0 Å². The Labute approximate surface area is 122 Å². The molecule has 0 atom stereocenters. The zero-order valence-electron chi connectivity index (χ0n) is 11.7. The van der Waals surface area contributed by atoms with E-state index in [0.29, 0.717) is 11.5 Å². The largest absolute Gasteiger partial charge is 0.462 e. The third-order valence-electron chi connectivity index (χ3n) is 2.90. The van der Waals surface area contributed by atoms with Crippen LogP contribution in [0.5, 0.6) is 11.5 Å². The number of rotatable bonds is 5. The number of esters is 1. The third-order valence-corrected chi connectivity index (χ3v) is 2.90. The van der Waals surface area contributed by atoms with Crippen molar-refractivity contribution in [3.63, 3.8) is 0 Å². The summed E-state index contributed by atoms with van der Waals surface area (Å²) in [7, 11) is 0. The van der Waals surface area contributed by atoms with Crippen molar-refractivity contribution in [1.82, 2.24) is 0 Å². The van der Waals surface area contributed by atoms with Crippen molar-refractivity contribution in [3.05, 3.63) is 53.6 Å². The van der Waals surface area contributed by atoms with Crippen LogP contribution in [-0.4, -0.2) is 17.7 Å². The first-order valence-corrected chi connectivity index (χ1v) is 6.59. The minimum atomic E-state index is -0.476. The molecule has 2 aromatic carbocycles. The Morgan fingerprint density at radius 3 is 2.52 bits per heavy atom. The van der Waals surface area contributed by atoms with Crippen LogP contribution in [0, 0.1) is 0 Å². The van der Waals surface area contributed by atoms with E-state index in [2.05, 4.69) is 0 Å². The Balaban J connectivity index is 2.23. The predicted octanol–water partition coefficient (Wildman–Crippen LogP) is 2.73. The number of carbonyl (C=O) groups is 1. The lowest BCUT2D eigenvalue weighted by molar-refractivity contribution is 0.0527. The van der Waals surface area contributed by atoms with E-state index in [0.717, 1.165) is 5.56 Å². The fourth-order valence-corrected chi connectivity index (χ4v) is 1.81. The maximum absolute atomic E-state index is 11.8. The molecule has 5 nitrogen and oxygen atoms in total. The molecule has 0 fully saturated rings. The van der Waals surface area contributed by atoms with Crippen molar-refractivity contribution in [1.29, 1.82) is 0 Å². The van der Waals surface area contributed by atoms with E-state index >= 15 is 0 Å². The highest BCUT2D eigenvalue weighted by molar-refractivity contribution is 5.96. The molecule has 0 saturated carbocycles. The minimum absolute atomic E-state index is 0.0270. The van der Waals surface area contributed by atoms with Crippen LogP contribution in [0.15, 0.2) is 42.5 Å². The number of para-hydroxylation sites is 1. The molecule has 0 aliphatic carbocycles. The number of nitrogens with two attached hydrogens (primary N) is 1. The molecule has 5 heteroatoms. The first-order chi connectivity index (χ1) is 10.2. The van der Waals surface area contributed by atoms with Gasteiger partial charge in [0.2, 0.25) is 0 Å². The lowest BCUT2D eigenvalue weighted by atomic mass is 10.1. The maximum Gasteiger partial charge on any atom is 0.340 e. The van der Waals surface area contributed by atoms with Crippen LogP contribution in [0.3, 0.4) is 0 Å². The van der Waals surface area contributed by atoms with Gasteiger partial charge in [-0.15, -0.1) is 0 Å². The van der Waals surface area contributed by atoms with E-state index in [9.17, 15) is 4.79 Å². The number of hydrogen-bond donors (Lipinski definition) is 2. The summed E-state index contributed by atoms with van der Waals surface area (Å²) >= 11 is 0. The van der Waals surface area contributed by atoms with Crippen molar-refractivity contribution in [2.24, 2.45) is 0 Å². The summed E-state index contributed by atoms with van der Waals surface area (Å²) in [5.74, 6) is 0.480. The van der Waals surface area contributed by atoms with Crippen LogP contribution in [0.1, 0.15) is 22.8 Å². The van der Waals surface area contributed by atoms with Crippen LogP contribution in [0.2, 0.25) is 0 Å². The van der Waals surface area contributed by atoms with Crippen LogP contribution in [0.25, 0.3) is 0 Å². The van der Waals surface area contributed by atoms with Gasteiger partial charge in [-0.1, -0.05) is 18.2 Å². The SMILES string of the molecule is CCOC(=O)c1cccc(Oc2ccc(CO)cc2)c1N. The first kappa shape index (κ1) is 14.9. The summed E-state index contributed by atoms with van der Waals surface area (Å²) in [6, 6.07) is 11.9. The highest BCUT2D eigenvalue weighted by Gasteiger charge is 2.14. The van der Waals surface area contributed by atoms with Gasteiger partial charge in [0.05, 0.1) is 24.5 Å². The maximum atomic E-state index is 11.8. The highest BCUT2D eigenvalue weighted by atomic mass is 16.5. The molecule has 0 aliphatic heterocycles. The predicted molar refractivity (Wildman–Crippen MR) is 79.2 cm³/mol. The number of nitrogen functional groups attached to an aromatic ring is 1. The van der Waals surface area contributed by atoms with Gasteiger partial charge in [-0.3, -0.25) is 0 Å². The third kappa shape index (κ3) is 3.52.